The molecule has 31 heavy (non-hydrogen) atoms. The highest BCUT2D eigenvalue weighted by atomic mass is 35.5. The van der Waals surface area contributed by atoms with E-state index < -0.39 is 17.6 Å². The van der Waals surface area contributed by atoms with Crippen molar-refractivity contribution < 1.29 is 9.53 Å². The van der Waals surface area contributed by atoms with Gasteiger partial charge in [-0.3, -0.25) is 4.79 Å². The van der Waals surface area contributed by atoms with Crippen LogP contribution in [0.2, 0.25) is 5.02 Å². The SMILES string of the molecule is COC(=O)c1ccc(C2c3c(-c4ccc(Cl)cc4)n[nH]c(=O)c3Nc3nnnn32)cc1. The fourth-order valence-electron chi connectivity index (χ4n) is 3.59. The molecular formula is C20H14ClN7O3. The number of fused-ring (bicyclic) bond motifs is 2. The molecule has 3 heterocycles. The number of hydrogen-bond donors (Lipinski definition) is 2. The van der Waals surface area contributed by atoms with Gasteiger partial charge in [-0.25, -0.2) is 9.89 Å². The van der Waals surface area contributed by atoms with Crippen molar-refractivity contribution in [3.05, 3.63) is 80.6 Å². The molecule has 1 unspecified atom stereocenters. The second kappa shape index (κ2) is 7.33. The van der Waals surface area contributed by atoms with E-state index in [4.69, 9.17) is 16.3 Å². The van der Waals surface area contributed by atoms with Gasteiger partial charge in [0.2, 0.25) is 5.95 Å². The lowest BCUT2D eigenvalue weighted by Crippen LogP contribution is -2.29. The summed E-state index contributed by atoms with van der Waals surface area (Å²) in [5.74, 6) is -0.131. The number of H-pyrrole nitrogens is 1. The van der Waals surface area contributed by atoms with Crippen LogP contribution in [0.1, 0.15) is 27.5 Å². The average Bonchev–Trinajstić information content (AvgIpc) is 3.27. The molecule has 0 saturated heterocycles. The largest absolute Gasteiger partial charge is 0.465 e. The van der Waals surface area contributed by atoms with Crippen LogP contribution in [0.15, 0.2) is 53.3 Å². The number of rotatable bonds is 3. The number of ether oxygens (including phenoxy) is 1. The smallest absolute Gasteiger partial charge is 0.337 e. The number of nitrogens with zero attached hydrogens (tertiary/aromatic N) is 5. The number of esters is 1. The number of carbonyl (C=O) groups excluding carboxylic acids is 1. The van der Waals surface area contributed by atoms with E-state index >= 15 is 0 Å². The van der Waals surface area contributed by atoms with Crippen molar-refractivity contribution in [2.45, 2.75) is 6.04 Å². The molecule has 0 radical (unpaired) electrons. The van der Waals surface area contributed by atoms with E-state index in [1.807, 2.05) is 12.1 Å². The lowest BCUT2D eigenvalue weighted by Gasteiger charge is -2.27. The van der Waals surface area contributed by atoms with E-state index in [2.05, 4.69) is 31.0 Å². The Morgan fingerprint density at radius 2 is 1.87 bits per heavy atom. The molecule has 1 atom stereocenters. The molecule has 0 aliphatic carbocycles. The van der Waals surface area contributed by atoms with Crippen LogP contribution in [-0.2, 0) is 4.74 Å². The van der Waals surface area contributed by atoms with Crippen LogP contribution in [-0.4, -0.2) is 43.5 Å². The summed E-state index contributed by atoms with van der Waals surface area (Å²) in [4.78, 5) is 24.5. The zero-order valence-corrected chi connectivity index (χ0v) is 16.8. The molecule has 2 aromatic heterocycles. The minimum absolute atomic E-state index is 0.296. The topological polar surface area (TPSA) is 128 Å². The van der Waals surface area contributed by atoms with Gasteiger partial charge in [-0.15, -0.1) is 0 Å². The predicted octanol–water partition coefficient (Wildman–Crippen LogP) is 2.56. The van der Waals surface area contributed by atoms with Crippen molar-refractivity contribution in [3.8, 4) is 11.3 Å². The zero-order chi connectivity index (χ0) is 21.5. The van der Waals surface area contributed by atoms with Crippen LogP contribution >= 0.6 is 11.6 Å². The van der Waals surface area contributed by atoms with Crippen LogP contribution in [0.4, 0.5) is 11.6 Å². The van der Waals surface area contributed by atoms with Gasteiger partial charge in [-0.2, -0.15) is 9.78 Å². The summed E-state index contributed by atoms with van der Waals surface area (Å²) in [6, 6.07) is 13.4. The molecule has 5 rings (SSSR count). The van der Waals surface area contributed by atoms with Crippen LogP contribution in [0, 0.1) is 0 Å². The normalized spacial score (nSPS) is 14.3. The summed E-state index contributed by atoms with van der Waals surface area (Å²) in [6.45, 7) is 0. The number of benzene rings is 2. The first-order chi connectivity index (χ1) is 15.1. The minimum Gasteiger partial charge on any atom is -0.465 e. The molecule has 2 N–H and O–H groups in total. The number of anilines is 2. The third kappa shape index (κ3) is 3.13. The standard InChI is InChI=1S/C20H14ClN7O3/c1-31-19(30)12-4-2-11(3-5-12)17-14-15(10-6-8-13(21)9-7-10)23-24-18(29)16(14)22-20-25-26-27-28(17)20/h2-9,17H,1H3,(H,24,29)(H,22,25,27). The van der Waals surface area contributed by atoms with Crippen molar-refractivity contribution in [3.63, 3.8) is 0 Å². The Morgan fingerprint density at radius 1 is 1.13 bits per heavy atom. The summed E-state index contributed by atoms with van der Waals surface area (Å²) < 4.78 is 6.34. The first-order valence-corrected chi connectivity index (χ1v) is 9.56. The number of carbonyl (C=O) groups is 1. The molecule has 0 spiro atoms. The first-order valence-electron chi connectivity index (χ1n) is 9.18. The molecule has 11 heteroatoms. The van der Waals surface area contributed by atoms with Crippen LogP contribution < -0.4 is 10.9 Å². The number of halogens is 1. The van der Waals surface area contributed by atoms with Gasteiger partial charge in [0.1, 0.15) is 11.7 Å². The number of aromatic nitrogens is 6. The molecule has 0 saturated carbocycles. The second-order valence-corrected chi connectivity index (χ2v) is 7.22. The third-order valence-electron chi connectivity index (χ3n) is 5.03. The molecule has 0 fully saturated rings. The van der Waals surface area contributed by atoms with E-state index in [0.717, 1.165) is 11.1 Å². The lowest BCUT2D eigenvalue weighted by molar-refractivity contribution is 0.0600. The molecule has 1 aliphatic heterocycles. The molecule has 4 aromatic rings. The number of aromatic amines is 1. The van der Waals surface area contributed by atoms with Gasteiger partial charge in [0, 0.05) is 16.1 Å². The monoisotopic (exact) mass is 435 g/mol. The highest BCUT2D eigenvalue weighted by Gasteiger charge is 2.34. The van der Waals surface area contributed by atoms with Gasteiger partial charge < -0.3 is 10.1 Å². The Hall–Kier alpha value is -4.05. The summed E-state index contributed by atoms with van der Waals surface area (Å²) in [5.41, 5.74) is 2.94. The molecule has 10 nitrogen and oxygen atoms in total. The van der Waals surface area contributed by atoms with E-state index in [-0.39, 0.29) is 0 Å². The van der Waals surface area contributed by atoms with E-state index in [1.165, 1.54) is 7.11 Å². The van der Waals surface area contributed by atoms with Gasteiger partial charge in [-0.1, -0.05) is 41.0 Å². The quantitative estimate of drug-likeness (QED) is 0.414. The van der Waals surface area contributed by atoms with Crippen molar-refractivity contribution in [2.24, 2.45) is 0 Å². The van der Waals surface area contributed by atoms with Crippen LogP contribution in [0.25, 0.3) is 11.3 Å². The lowest BCUT2D eigenvalue weighted by atomic mass is 9.92. The molecular weight excluding hydrogens is 422 g/mol. The Morgan fingerprint density at radius 3 is 2.58 bits per heavy atom. The maximum Gasteiger partial charge on any atom is 0.337 e. The Balaban J connectivity index is 1.74. The van der Waals surface area contributed by atoms with E-state index in [9.17, 15) is 9.59 Å². The Labute approximate surface area is 179 Å². The van der Waals surface area contributed by atoms with Crippen LogP contribution in [0.5, 0.6) is 0 Å². The number of tetrazole rings is 1. The van der Waals surface area contributed by atoms with Crippen molar-refractivity contribution in [1.82, 2.24) is 30.4 Å². The Bertz CT molecular complexity index is 1350. The summed E-state index contributed by atoms with van der Waals surface area (Å²) in [5, 5.41) is 22.2. The number of nitrogens with one attached hydrogen (secondary N) is 2. The van der Waals surface area contributed by atoms with Gasteiger partial charge in [0.05, 0.1) is 18.4 Å². The highest BCUT2D eigenvalue weighted by Crippen LogP contribution is 2.41. The molecule has 0 bridgehead atoms. The molecule has 1 aliphatic rings. The highest BCUT2D eigenvalue weighted by molar-refractivity contribution is 6.30. The third-order valence-corrected chi connectivity index (χ3v) is 5.29. The average molecular weight is 436 g/mol. The van der Waals surface area contributed by atoms with E-state index in [1.54, 1.807) is 41.1 Å². The van der Waals surface area contributed by atoms with Gasteiger partial charge in [0.25, 0.3) is 5.56 Å². The van der Waals surface area contributed by atoms with E-state index in [0.29, 0.717) is 33.5 Å². The summed E-state index contributed by atoms with van der Waals surface area (Å²) in [6.07, 6.45) is 0. The van der Waals surface area contributed by atoms with Gasteiger partial charge >= 0.3 is 5.97 Å². The minimum atomic E-state index is -0.562. The molecule has 2 aromatic carbocycles. The fraction of sp³-hybridized carbons (Fsp3) is 0.100. The van der Waals surface area contributed by atoms with Crippen LogP contribution in [0.3, 0.4) is 0 Å². The van der Waals surface area contributed by atoms with Gasteiger partial charge in [-0.05, 0) is 40.3 Å². The van der Waals surface area contributed by atoms with Gasteiger partial charge in [0.15, 0.2) is 0 Å². The maximum atomic E-state index is 12.7. The Kier molecular flexibility index (Phi) is 4.48. The second-order valence-electron chi connectivity index (χ2n) is 6.79. The molecule has 0 amide bonds. The van der Waals surface area contributed by atoms with Crippen molar-refractivity contribution >= 4 is 29.2 Å². The fourth-order valence-corrected chi connectivity index (χ4v) is 3.72. The number of methoxy groups -OCH3 is 1. The predicted molar refractivity (Wildman–Crippen MR) is 111 cm³/mol. The number of hydrogen-bond acceptors (Lipinski definition) is 8. The first kappa shape index (κ1) is 18.9. The molecule has 154 valence electrons. The van der Waals surface area contributed by atoms with Crippen molar-refractivity contribution in [2.75, 3.05) is 12.4 Å². The summed E-state index contributed by atoms with van der Waals surface area (Å²) in [7, 11) is 1.32. The maximum absolute atomic E-state index is 12.7. The summed E-state index contributed by atoms with van der Waals surface area (Å²) >= 11 is 6.04. The zero-order valence-electron chi connectivity index (χ0n) is 16.0. The van der Waals surface area contributed by atoms with Crippen molar-refractivity contribution in [1.29, 1.82) is 0 Å².